The molecule has 1 aromatic heterocycles. The summed E-state index contributed by atoms with van der Waals surface area (Å²) in [6.07, 6.45) is 0. The second kappa shape index (κ2) is 6.99. The van der Waals surface area contributed by atoms with Gasteiger partial charge in [0, 0.05) is 37.4 Å². The molecule has 1 N–H and O–H groups in total. The van der Waals surface area contributed by atoms with E-state index in [4.69, 9.17) is 9.47 Å². The highest BCUT2D eigenvalue weighted by atomic mass is 79.9. The van der Waals surface area contributed by atoms with Crippen molar-refractivity contribution in [1.82, 2.24) is 4.98 Å². The van der Waals surface area contributed by atoms with Crippen LogP contribution in [0, 0.1) is 13.8 Å². The summed E-state index contributed by atoms with van der Waals surface area (Å²) in [7, 11) is 3.15. The Hall–Kier alpha value is -2.79. The van der Waals surface area contributed by atoms with Crippen LogP contribution in [0.4, 0.5) is 0 Å². The number of ether oxygens (including phenoxy) is 2. The molecule has 4 nitrogen and oxygen atoms in total. The fourth-order valence-electron chi connectivity index (χ4n) is 3.75. The number of methoxy groups -OCH3 is 2. The van der Waals surface area contributed by atoms with Crippen molar-refractivity contribution in [2.45, 2.75) is 13.8 Å². The van der Waals surface area contributed by atoms with Gasteiger partial charge in [-0.15, -0.1) is 0 Å². The lowest BCUT2D eigenvalue weighted by Gasteiger charge is -2.12. The van der Waals surface area contributed by atoms with Crippen molar-refractivity contribution < 1.29 is 14.3 Å². The summed E-state index contributed by atoms with van der Waals surface area (Å²) >= 11 is 3.55. The first-order chi connectivity index (χ1) is 13.4. The van der Waals surface area contributed by atoms with Crippen molar-refractivity contribution >= 4 is 43.5 Å². The lowest BCUT2D eigenvalue weighted by Crippen LogP contribution is -2.05. The fourth-order valence-corrected chi connectivity index (χ4v) is 4.11. The van der Waals surface area contributed by atoms with E-state index in [2.05, 4.69) is 27.0 Å². The number of aryl methyl sites for hydroxylation is 2. The third-order valence-corrected chi connectivity index (χ3v) is 5.68. The SMILES string of the molecule is COc1ccc(C(=O)c2cc(C)c3[nH]c4ccc(Br)cc4c3c2C)cc1OC. The molecule has 4 rings (SSSR count). The normalized spacial score (nSPS) is 11.2. The van der Waals surface area contributed by atoms with Gasteiger partial charge < -0.3 is 14.5 Å². The van der Waals surface area contributed by atoms with Crippen molar-refractivity contribution in [2.24, 2.45) is 0 Å². The van der Waals surface area contributed by atoms with Crippen LogP contribution in [0.25, 0.3) is 21.8 Å². The molecule has 0 bridgehead atoms. The first kappa shape index (κ1) is 18.6. The van der Waals surface area contributed by atoms with Crippen LogP contribution in [0.5, 0.6) is 11.5 Å². The fraction of sp³-hybridized carbons (Fsp3) is 0.174. The van der Waals surface area contributed by atoms with Crippen molar-refractivity contribution in [2.75, 3.05) is 14.2 Å². The second-order valence-corrected chi connectivity index (χ2v) is 7.75. The quantitative estimate of drug-likeness (QED) is 0.401. The van der Waals surface area contributed by atoms with Gasteiger partial charge in [0.25, 0.3) is 0 Å². The number of ketones is 1. The van der Waals surface area contributed by atoms with Crippen LogP contribution < -0.4 is 9.47 Å². The second-order valence-electron chi connectivity index (χ2n) is 6.83. The largest absolute Gasteiger partial charge is 0.493 e. The highest BCUT2D eigenvalue weighted by Crippen LogP contribution is 2.35. The van der Waals surface area contributed by atoms with Crippen LogP contribution in [-0.4, -0.2) is 25.0 Å². The third-order valence-electron chi connectivity index (χ3n) is 5.19. The number of benzene rings is 3. The van der Waals surface area contributed by atoms with E-state index < -0.39 is 0 Å². The van der Waals surface area contributed by atoms with Gasteiger partial charge in [-0.3, -0.25) is 4.79 Å². The molecule has 0 aliphatic rings. The molecule has 0 unspecified atom stereocenters. The van der Waals surface area contributed by atoms with Gasteiger partial charge in [0.15, 0.2) is 17.3 Å². The molecule has 1 heterocycles. The van der Waals surface area contributed by atoms with Crippen molar-refractivity contribution in [3.63, 3.8) is 0 Å². The molecule has 142 valence electrons. The van der Waals surface area contributed by atoms with Gasteiger partial charge in [0.2, 0.25) is 0 Å². The molecule has 3 aromatic carbocycles. The van der Waals surface area contributed by atoms with E-state index in [1.54, 1.807) is 32.4 Å². The molecule has 0 amide bonds. The Balaban J connectivity index is 1.94. The maximum Gasteiger partial charge on any atom is 0.193 e. The van der Waals surface area contributed by atoms with Crippen molar-refractivity contribution in [1.29, 1.82) is 0 Å². The molecule has 4 aromatic rings. The number of hydrogen-bond donors (Lipinski definition) is 1. The molecular formula is C23H20BrNO3. The van der Waals surface area contributed by atoms with Crippen molar-refractivity contribution in [3.05, 3.63) is 69.2 Å². The monoisotopic (exact) mass is 437 g/mol. The van der Waals surface area contributed by atoms with E-state index >= 15 is 0 Å². The predicted molar refractivity (Wildman–Crippen MR) is 116 cm³/mol. The molecule has 0 aliphatic carbocycles. The molecule has 0 aliphatic heterocycles. The summed E-state index contributed by atoms with van der Waals surface area (Å²) < 4.78 is 11.6. The van der Waals surface area contributed by atoms with Crippen LogP contribution in [0.3, 0.4) is 0 Å². The van der Waals surface area contributed by atoms with E-state index in [0.29, 0.717) is 22.6 Å². The number of aromatic nitrogens is 1. The van der Waals surface area contributed by atoms with Crippen LogP contribution in [0.1, 0.15) is 27.0 Å². The van der Waals surface area contributed by atoms with Gasteiger partial charge in [-0.05, 0) is 67.4 Å². The summed E-state index contributed by atoms with van der Waals surface area (Å²) in [6, 6.07) is 13.4. The summed E-state index contributed by atoms with van der Waals surface area (Å²) in [5.74, 6) is 1.11. The first-order valence-electron chi connectivity index (χ1n) is 8.92. The average molecular weight is 438 g/mol. The number of H-pyrrole nitrogens is 1. The van der Waals surface area contributed by atoms with E-state index in [-0.39, 0.29) is 5.78 Å². The Labute approximate surface area is 171 Å². The highest BCUT2D eigenvalue weighted by Gasteiger charge is 2.19. The molecular weight excluding hydrogens is 418 g/mol. The van der Waals surface area contributed by atoms with Gasteiger partial charge in [-0.1, -0.05) is 15.9 Å². The van der Waals surface area contributed by atoms with E-state index in [0.717, 1.165) is 37.4 Å². The summed E-state index contributed by atoms with van der Waals surface area (Å²) in [5.41, 5.74) is 5.38. The average Bonchev–Trinajstić information content (AvgIpc) is 3.09. The molecule has 28 heavy (non-hydrogen) atoms. The van der Waals surface area contributed by atoms with Crippen molar-refractivity contribution in [3.8, 4) is 11.5 Å². The first-order valence-corrected chi connectivity index (χ1v) is 9.71. The number of carbonyl (C=O) groups excluding carboxylic acids is 1. The number of rotatable bonds is 4. The minimum absolute atomic E-state index is 0.0344. The van der Waals surface area contributed by atoms with Gasteiger partial charge in [-0.2, -0.15) is 0 Å². The Morgan fingerprint density at radius 2 is 1.71 bits per heavy atom. The molecule has 0 saturated heterocycles. The van der Waals surface area contributed by atoms with Crippen LogP contribution in [0.2, 0.25) is 0 Å². The van der Waals surface area contributed by atoms with Gasteiger partial charge in [-0.25, -0.2) is 0 Å². The zero-order chi connectivity index (χ0) is 20.0. The zero-order valence-corrected chi connectivity index (χ0v) is 17.7. The van der Waals surface area contributed by atoms with Crippen LogP contribution in [0.15, 0.2) is 46.9 Å². The molecule has 5 heteroatoms. The maximum absolute atomic E-state index is 13.3. The Morgan fingerprint density at radius 3 is 2.43 bits per heavy atom. The van der Waals surface area contributed by atoms with Gasteiger partial charge >= 0.3 is 0 Å². The maximum atomic E-state index is 13.3. The van der Waals surface area contributed by atoms with Crippen LogP contribution >= 0.6 is 15.9 Å². The number of halogens is 1. The van der Waals surface area contributed by atoms with E-state index in [9.17, 15) is 4.79 Å². The summed E-state index contributed by atoms with van der Waals surface area (Å²) in [4.78, 5) is 16.8. The minimum Gasteiger partial charge on any atom is -0.493 e. The summed E-state index contributed by atoms with van der Waals surface area (Å²) in [5, 5.41) is 2.19. The van der Waals surface area contributed by atoms with E-state index in [1.165, 1.54) is 0 Å². The highest BCUT2D eigenvalue weighted by molar-refractivity contribution is 9.10. The lowest BCUT2D eigenvalue weighted by atomic mass is 9.93. The number of fused-ring (bicyclic) bond motifs is 3. The zero-order valence-electron chi connectivity index (χ0n) is 16.1. The number of aromatic amines is 1. The molecule has 0 atom stereocenters. The topological polar surface area (TPSA) is 51.3 Å². The Bertz CT molecular complexity index is 1240. The number of nitrogens with one attached hydrogen (secondary N) is 1. The number of hydrogen-bond acceptors (Lipinski definition) is 3. The lowest BCUT2D eigenvalue weighted by molar-refractivity contribution is 0.103. The van der Waals surface area contributed by atoms with Gasteiger partial charge in [0.1, 0.15) is 0 Å². The minimum atomic E-state index is -0.0344. The standard InChI is InChI=1S/C23H20BrNO3/c1-12-9-16(23(26)14-5-8-19(27-3)20(10-14)28-4)13(2)21-17-11-15(24)6-7-18(17)25-22(12)21/h5-11,25H,1-4H3. The van der Waals surface area contributed by atoms with E-state index in [1.807, 2.05) is 32.0 Å². The Kier molecular flexibility index (Phi) is 4.63. The molecule has 0 radical (unpaired) electrons. The summed E-state index contributed by atoms with van der Waals surface area (Å²) in [6.45, 7) is 4.03. The predicted octanol–water partition coefficient (Wildman–Crippen LogP) is 5.95. The molecule has 0 fully saturated rings. The number of carbonyl (C=O) groups is 1. The van der Waals surface area contributed by atoms with Gasteiger partial charge in [0.05, 0.1) is 14.2 Å². The molecule has 0 spiro atoms. The smallest absolute Gasteiger partial charge is 0.193 e. The third kappa shape index (κ3) is 2.87. The van der Waals surface area contributed by atoms with Crippen LogP contribution in [-0.2, 0) is 0 Å². The molecule has 0 saturated carbocycles. The Morgan fingerprint density at radius 1 is 0.964 bits per heavy atom.